The second-order valence-electron chi connectivity index (χ2n) is 6.81. The molecule has 2 heterocycles. The normalized spacial score (nSPS) is 19.8. The Balaban J connectivity index is 0.00000196. The summed E-state index contributed by atoms with van der Waals surface area (Å²) in [4.78, 5) is 15.1. The van der Waals surface area contributed by atoms with Gasteiger partial charge in [0.05, 0.1) is 13.2 Å². The third-order valence-electron chi connectivity index (χ3n) is 5.13. The van der Waals surface area contributed by atoms with Crippen LogP contribution in [-0.4, -0.2) is 47.3 Å². The van der Waals surface area contributed by atoms with Crippen LogP contribution in [0.15, 0.2) is 30.3 Å². The van der Waals surface area contributed by atoms with Crippen molar-refractivity contribution in [1.82, 2.24) is 20.0 Å². The predicted molar refractivity (Wildman–Crippen MR) is 102 cm³/mol. The van der Waals surface area contributed by atoms with Crippen LogP contribution in [0.25, 0.3) is 0 Å². The van der Waals surface area contributed by atoms with Crippen LogP contribution in [0.2, 0.25) is 0 Å². The minimum Gasteiger partial charge on any atom is -0.496 e. The zero-order valence-corrected chi connectivity index (χ0v) is 16.0. The molecular weight excluding hydrogens is 352 g/mol. The quantitative estimate of drug-likeness (QED) is 0.890. The summed E-state index contributed by atoms with van der Waals surface area (Å²) < 4.78 is 7.38. The summed E-state index contributed by atoms with van der Waals surface area (Å²) in [6.07, 6.45) is 2.40. The van der Waals surface area contributed by atoms with E-state index in [1.807, 2.05) is 47.0 Å². The van der Waals surface area contributed by atoms with Crippen molar-refractivity contribution < 1.29 is 9.53 Å². The Labute approximate surface area is 159 Å². The maximum atomic E-state index is 13.2. The Kier molecular flexibility index (Phi) is 5.53. The number of rotatable bonds is 4. The largest absolute Gasteiger partial charge is 0.496 e. The highest BCUT2D eigenvalue weighted by molar-refractivity contribution is 5.93. The third-order valence-corrected chi connectivity index (χ3v) is 5.13. The lowest BCUT2D eigenvalue weighted by Gasteiger charge is -2.36. The molecule has 1 N–H and O–H groups in total. The molecule has 1 aliphatic heterocycles. The SMILES string of the molecule is COc1ccccc1C1CNCCN1C(=O)c1cc(C2CC2)n(C)n1.Cl. The molecule has 7 heteroatoms. The summed E-state index contributed by atoms with van der Waals surface area (Å²) in [6, 6.07) is 9.83. The van der Waals surface area contributed by atoms with Crippen LogP contribution in [0, 0.1) is 0 Å². The van der Waals surface area contributed by atoms with Crippen LogP contribution >= 0.6 is 12.4 Å². The van der Waals surface area contributed by atoms with Gasteiger partial charge in [-0.05, 0) is 25.0 Å². The van der Waals surface area contributed by atoms with Gasteiger partial charge in [0.15, 0.2) is 5.69 Å². The van der Waals surface area contributed by atoms with Gasteiger partial charge >= 0.3 is 0 Å². The van der Waals surface area contributed by atoms with Crippen molar-refractivity contribution in [1.29, 1.82) is 0 Å². The standard InChI is InChI=1S/C19H24N4O2.ClH/c1-22-16(13-7-8-13)11-15(21-22)19(24)23-10-9-20-12-17(23)14-5-3-4-6-18(14)25-2;/h3-6,11,13,17,20H,7-10,12H2,1-2H3;1H. The number of aromatic nitrogens is 2. The Morgan fingerprint density at radius 1 is 1.31 bits per heavy atom. The summed E-state index contributed by atoms with van der Waals surface area (Å²) in [6.45, 7) is 2.17. The van der Waals surface area contributed by atoms with Gasteiger partial charge in [0.1, 0.15) is 5.75 Å². The third kappa shape index (κ3) is 3.44. The maximum absolute atomic E-state index is 13.2. The number of methoxy groups -OCH3 is 1. The van der Waals surface area contributed by atoms with Gasteiger partial charge in [-0.1, -0.05) is 18.2 Å². The van der Waals surface area contributed by atoms with Gasteiger partial charge in [0.25, 0.3) is 5.91 Å². The van der Waals surface area contributed by atoms with Crippen molar-refractivity contribution in [3.63, 3.8) is 0 Å². The van der Waals surface area contributed by atoms with Crippen molar-refractivity contribution in [2.75, 3.05) is 26.7 Å². The topological polar surface area (TPSA) is 59.4 Å². The van der Waals surface area contributed by atoms with E-state index in [0.717, 1.165) is 17.9 Å². The van der Waals surface area contributed by atoms with Crippen LogP contribution in [0.1, 0.15) is 46.5 Å². The molecule has 1 aromatic carbocycles. The zero-order chi connectivity index (χ0) is 17.4. The van der Waals surface area contributed by atoms with Gasteiger partial charge in [-0.25, -0.2) is 0 Å². The molecule has 4 rings (SSSR count). The average molecular weight is 377 g/mol. The van der Waals surface area contributed by atoms with E-state index in [2.05, 4.69) is 10.4 Å². The smallest absolute Gasteiger partial charge is 0.274 e. The molecule has 1 aliphatic carbocycles. The Morgan fingerprint density at radius 2 is 2.08 bits per heavy atom. The number of halogens is 1. The van der Waals surface area contributed by atoms with E-state index in [9.17, 15) is 4.79 Å². The molecule has 0 radical (unpaired) electrons. The summed E-state index contributed by atoms with van der Waals surface area (Å²) in [7, 11) is 3.60. The lowest BCUT2D eigenvalue weighted by molar-refractivity contribution is 0.0624. The van der Waals surface area contributed by atoms with Crippen molar-refractivity contribution in [2.45, 2.75) is 24.8 Å². The first-order chi connectivity index (χ1) is 12.2. The maximum Gasteiger partial charge on any atom is 0.274 e. The molecule has 6 nitrogen and oxygen atoms in total. The van der Waals surface area contributed by atoms with E-state index < -0.39 is 0 Å². The summed E-state index contributed by atoms with van der Waals surface area (Å²) in [5, 5.41) is 7.88. The Bertz CT molecular complexity index is 788. The zero-order valence-electron chi connectivity index (χ0n) is 15.1. The molecular formula is C19H25ClN4O2. The second-order valence-corrected chi connectivity index (χ2v) is 6.81. The highest BCUT2D eigenvalue weighted by atomic mass is 35.5. The van der Waals surface area contributed by atoms with Gasteiger partial charge in [-0.2, -0.15) is 5.10 Å². The fourth-order valence-corrected chi connectivity index (χ4v) is 3.66. The van der Waals surface area contributed by atoms with Crippen LogP contribution < -0.4 is 10.1 Å². The van der Waals surface area contributed by atoms with E-state index in [4.69, 9.17) is 4.74 Å². The number of benzene rings is 1. The molecule has 1 atom stereocenters. The molecule has 0 spiro atoms. The molecule has 1 saturated carbocycles. The van der Waals surface area contributed by atoms with Crippen LogP contribution in [0.5, 0.6) is 5.75 Å². The van der Waals surface area contributed by atoms with E-state index in [1.54, 1.807) is 7.11 Å². The fraction of sp³-hybridized carbons (Fsp3) is 0.474. The molecule has 2 aromatic rings. The first-order valence-corrected chi connectivity index (χ1v) is 8.87. The van der Waals surface area contributed by atoms with Crippen molar-refractivity contribution in [3.8, 4) is 5.75 Å². The van der Waals surface area contributed by atoms with Crippen molar-refractivity contribution in [2.24, 2.45) is 7.05 Å². The molecule has 26 heavy (non-hydrogen) atoms. The lowest BCUT2D eigenvalue weighted by Crippen LogP contribution is -2.48. The van der Waals surface area contributed by atoms with E-state index >= 15 is 0 Å². The number of piperazine rings is 1. The van der Waals surface area contributed by atoms with Gasteiger partial charge in [-0.15, -0.1) is 12.4 Å². The summed E-state index contributed by atoms with van der Waals surface area (Å²) in [5.41, 5.74) is 2.75. The number of nitrogens with zero attached hydrogens (tertiary/aromatic N) is 3. The number of amides is 1. The van der Waals surface area contributed by atoms with E-state index in [0.29, 0.717) is 24.7 Å². The molecule has 2 aliphatic rings. The molecule has 1 unspecified atom stereocenters. The van der Waals surface area contributed by atoms with E-state index in [-0.39, 0.29) is 24.4 Å². The lowest BCUT2D eigenvalue weighted by atomic mass is 10.0. The number of hydrogen-bond acceptors (Lipinski definition) is 4. The first-order valence-electron chi connectivity index (χ1n) is 8.87. The minimum atomic E-state index is -0.0521. The van der Waals surface area contributed by atoms with Gasteiger partial charge in [0, 0.05) is 43.9 Å². The number of hydrogen-bond donors (Lipinski definition) is 1. The highest BCUT2D eigenvalue weighted by Crippen LogP contribution is 2.40. The Morgan fingerprint density at radius 3 is 2.81 bits per heavy atom. The first kappa shape index (κ1) is 18.7. The van der Waals surface area contributed by atoms with E-state index in [1.165, 1.54) is 18.5 Å². The van der Waals surface area contributed by atoms with Crippen LogP contribution in [0.4, 0.5) is 0 Å². The number of carbonyl (C=O) groups excluding carboxylic acids is 1. The number of aryl methyl sites for hydroxylation is 1. The van der Waals surface area contributed by atoms with Crippen molar-refractivity contribution in [3.05, 3.63) is 47.3 Å². The monoisotopic (exact) mass is 376 g/mol. The molecule has 0 bridgehead atoms. The van der Waals surface area contributed by atoms with Crippen LogP contribution in [-0.2, 0) is 7.05 Å². The minimum absolute atomic E-state index is 0. The average Bonchev–Trinajstić information content (AvgIpc) is 3.43. The molecule has 1 aromatic heterocycles. The molecule has 140 valence electrons. The summed E-state index contributed by atoms with van der Waals surface area (Å²) >= 11 is 0. The fourth-order valence-electron chi connectivity index (χ4n) is 3.66. The highest BCUT2D eigenvalue weighted by Gasteiger charge is 2.33. The van der Waals surface area contributed by atoms with Crippen LogP contribution in [0.3, 0.4) is 0 Å². The predicted octanol–water partition coefficient (Wildman–Crippen LogP) is 2.51. The number of carbonyl (C=O) groups is 1. The molecule has 1 saturated heterocycles. The number of ether oxygens (including phenoxy) is 1. The summed E-state index contributed by atoms with van der Waals surface area (Å²) in [5.74, 6) is 1.39. The Hall–Kier alpha value is -2.05. The van der Waals surface area contributed by atoms with Gasteiger partial charge < -0.3 is 15.0 Å². The second kappa shape index (κ2) is 7.68. The number of para-hydroxylation sites is 1. The molecule has 1 amide bonds. The number of nitrogens with one attached hydrogen (secondary N) is 1. The van der Waals surface area contributed by atoms with Crippen molar-refractivity contribution >= 4 is 18.3 Å². The molecule has 2 fully saturated rings. The van der Waals surface area contributed by atoms with Gasteiger partial charge in [0.2, 0.25) is 0 Å². The van der Waals surface area contributed by atoms with Gasteiger partial charge in [-0.3, -0.25) is 9.48 Å².